The number of hydrogen-bond acceptors (Lipinski definition) is 4. The minimum absolute atomic E-state index is 0.0410. The van der Waals surface area contributed by atoms with E-state index in [9.17, 15) is 4.79 Å². The molecule has 1 aliphatic heterocycles. The van der Waals surface area contributed by atoms with E-state index >= 15 is 0 Å². The van der Waals surface area contributed by atoms with Crippen LogP contribution in [0.5, 0.6) is 0 Å². The molecular formula is C21H23N3O2. The van der Waals surface area contributed by atoms with Crippen LogP contribution in [0.3, 0.4) is 0 Å². The third-order valence-electron chi connectivity index (χ3n) is 4.75. The summed E-state index contributed by atoms with van der Waals surface area (Å²) in [5, 5.41) is 4.43. The number of morpholine rings is 1. The largest absolute Gasteiger partial charge is 0.381 e. The molecule has 5 nitrogen and oxygen atoms in total. The van der Waals surface area contributed by atoms with Crippen molar-refractivity contribution in [3.63, 3.8) is 0 Å². The average Bonchev–Trinajstić information content (AvgIpc) is 2.67. The number of benzene rings is 2. The summed E-state index contributed by atoms with van der Waals surface area (Å²) in [5.41, 5.74) is 3.87. The van der Waals surface area contributed by atoms with E-state index in [0.717, 1.165) is 55.0 Å². The molecule has 0 spiro atoms. The number of rotatable bonds is 5. The van der Waals surface area contributed by atoms with Gasteiger partial charge in [0.15, 0.2) is 0 Å². The summed E-state index contributed by atoms with van der Waals surface area (Å²) < 4.78 is 5.40. The number of nitrogens with one attached hydrogen (secondary N) is 2. The fraction of sp³-hybridized carbons (Fsp3) is 0.286. The van der Waals surface area contributed by atoms with Gasteiger partial charge in [-0.2, -0.15) is 0 Å². The maximum absolute atomic E-state index is 12.3. The number of aromatic amines is 1. The zero-order valence-corrected chi connectivity index (χ0v) is 14.7. The predicted molar refractivity (Wildman–Crippen MR) is 104 cm³/mol. The maximum atomic E-state index is 12.3. The number of anilines is 1. The van der Waals surface area contributed by atoms with Gasteiger partial charge >= 0.3 is 0 Å². The summed E-state index contributed by atoms with van der Waals surface area (Å²) in [6.07, 6.45) is 0. The first-order chi connectivity index (χ1) is 12.8. The van der Waals surface area contributed by atoms with E-state index in [1.165, 1.54) is 5.56 Å². The normalized spacial score (nSPS) is 15.2. The first-order valence-electron chi connectivity index (χ1n) is 9.02. The molecule has 5 heteroatoms. The molecule has 0 amide bonds. The van der Waals surface area contributed by atoms with E-state index in [4.69, 9.17) is 4.74 Å². The van der Waals surface area contributed by atoms with Crippen molar-refractivity contribution < 1.29 is 4.74 Å². The highest BCUT2D eigenvalue weighted by Crippen LogP contribution is 2.15. The molecule has 0 radical (unpaired) electrons. The summed E-state index contributed by atoms with van der Waals surface area (Å²) >= 11 is 0. The minimum atomic E-state index is -0.0410. The van der Waals surface area contributed by atoms with Crippen molar-refractivity contribution in [3.8, 4) is 0 Å². The van der Waals surface area contributed by atoms with Crippen molar-refractivity contribution >= 4 is 16.6 Å². The van der Waals surface area contributed by atoms with Gasteiger partial charge in [0.05, 0.1) is 13.2 Å². The van der Waals surface area contributed by atoms with Gasteiger partial charge in [-0.1, -0.05) is 30.3 Å². The molecule has 0 unspecified atom stereocenters. The summed E-state index contributed by atoms with van der Waals surface area (Å²) in [7, 11) is 0. The molecule has 2 N–H and O–H groups in total. The Hall–Kier alpha value is -2.63. The number of para-hydroxylation sites is 1. The van der Waals surface area contributed by atoms with Crippen LogP contribution >= 0.6 is 0 Å². The molecule has 0 atom stereocenters. The zero-order valence-electron chi connectivity index (χ0n) is 14.7. The van der Waals surface area contributed by atoms with Crippen molar-refractivity contribution in [3.05, 3.63) is 76.1 Å². The standard InChI is InChI=1S/C21H23N3O2/c25-21-18(13-17-5-1-2-7-20(17)23-21)14-22-19-6-3-4-16(12-19)15-24-8-10-26-11-9-24/h1-7,12-13,22H,8-11,14-15H2,(H,23,25). The number of nitrogens with zero attached hydrogens (tertiary/aromatic N) is 1. The van der Waals surface area contributed by atoms with Gasteiger partial charge in [0, 0.05) is 42.9 Å². The average molecular weight is 349 g/mol. The molecule has 134 valence electrons. The van der Waals surface area contributed by atoms with E-state index in [0.29, 0.717) is 6.54 Å². The van der Waals surface area contributed by atoms with Crippen LogP contribution in [-0.4, -0.2) is 36.2 Å². The van der Waals surface area contributed by atoms with E-state index in [-0.39, 0.29) is 5.56 Å². The minimum Gasteiger partial charge on any atom is -0.381 e. The number of fused-ring (bicyclic) bond motifs is 1. The summed E-state index contributed by atoms with van der Waals surface area (Å²) in [4.78, 5) is 17.6. The quantitative estimate of drug-likeness (QED) is 0.744. The molecule has 2 aromatic carbocycles. The molecular weight excluding hydrogens is 326 g/mol. The van der Waals surface area contributed by atoms with Gasteiger partial charge in [-0.25, -0.2) is 0 Å². The molecule has 2 heterocycles. The fourth-order valence-corrected chi connectivity index (χ4v) is 3.32. The Kier molecular flexibility index (Phi) is 5.00. The Balaban J connectivity index is 1.45. The van der Waals surface area contributed by atoms with Crippen molar-refractivity contribution in [1.29, 1.82) is 0 Å². The molecule has 0 bridgehead atoms. The van der Waals surface area contributed by atoms with Gasteiger partial charge in [0.1, 0.15) is 0 Å². The molecule has 1 aliphatic rings. The number of hydrogen-bond donors (Lipinski definition) is 2. The van der Waals surface area contributed by atoms with Crippen molar-refractivity contribution in [2.75, 3.05) is 31.6 Å². The molecule has 1 saturated heterocycles. The lowest BCUT2D eigenvalue weighted by molar-refractivity contribution is 0.0342. The predicted octanol–water partition coefficient (Wildman–Crippen LogP) is 2.97. The van der Waals surface area contributed by atoms with Crippen LogP contribution in [0.15, 0.2) is 59.4 Å². The lowest BCUT2D eigenvalue weighted by Crippen LogP contribution is -2.35. The Morgan fingerprint density at radius 2 is 1.88 bits per heavy atom. The molecule has 3 aromatic rings. The second-order valence-electron chi connectivity index (χ2n) is 6.65. The van der Waals surface area contributed by atoms with Gasteiger partial charge in [-0.3, -0.25) is 9.69 Å². The van der Waals surface area contributed by atoms with Crippen LogP contribution in [0.4, 0.5) is 5.69 Å². The Morgan fingerprint density at radius 1 is 1.04 bits per heavy atom. The highest BCUT2D eigenvalue weighted by molar-refractivity contribution is 5.78. The van der Waals surface area contributed by atoms with E-state index in [2.05, 4.69) is 33.4 Å². The van der Waals surface area contributed by atoms with Crippen LogP contribution in [0, 0.1) is 0 Å². The van der Waals surface area contributed by atoms with Gasteiger partial charge in [-0.15, -0.1) is 0 Å². The zero-order chi connectivity index (χ0) is 17.8. The second kappa shape index (κ2) is 7.72. The van der Waals surface area contributed by atoms with Crippen molar-refractivity contribution in [2.45, 2.75) is 13.1 Å². The highest BCUT2D eigenvalue weighted by Gasteiger charge is 2.11. The number of aromatic nitrogens is 1. The molecule has 0 saturated carbocycles. The second-order valence-corrected chi connectivity index (χ2v) is 6.65. The number of ether oxygens (including phenoxy) is 1. The summed E-state index contributed by atoms with van der Waals surface area (Å²) in [6, 6.07) is 18.2. The molecule has 1 fully saturated rings. The van der Waals surface area contributed by atoms with E-state index in [1.54, 1.807) is 0 Å². The van der Waals surface area contributed by atoms with Gasteiger partial charge in [0.2, 0.25) is 0 Å². The van der Waals surface area contributed by atoms with E-state index in [1.807, 2.05) is 36.4 Å². The topological polar surface area (TPSA) is 57.4 Å². The van der Waals surface area contributed by atoms with Gasteiger partial charge in [0.25, 0.3) is 5.56 Å². The first kappa shape index (κ1) is 16.8. The smallest absolute Gasteiger partial charge is 0.253 e. The third-order valence-corrected chi connectivity index (χ3v) is 4.75. The monoisotopic (exact) mass is 349 g/mol. The maximum Gasteiger partial charge on any atom is 0.253 e. The first-order valence-corrected chi connectivity index (χ1v) is 9.02. The fourth-order valence-electron chi connectivity index (χ4n) is 3.32. The van der Waals surface area contributed by atoms with Crippen LogP contribution < -0.4 is 10.9 Å². The molecule has 0 aliphatic carbocycles. The van der Waals surface area contributed by atoms with Gasteiger partial charge in [-0.05, 0) is 35.2 Å². The molecule has 4 rings (SSSR count). The van der Waals surface area contributed by atoms with E-state index < -0.39 is 0 Å². The van der Waals surface area contributed by atoms with Crippen LogP contribution in [0.2, 0.25) is 0 Å². The Bertz CT molecular complexity index is 945. The van der Waals surface area contributed by atoms with Crippen molar-refractivity contribution in [2.24, 2.45) is 0 Å². The van der Waals surface area contributed by atoms with Gasteiger partial charge < -0.3 is 15.0 Å². The number of H-pyrrole nitrogens is 1. The Labute approximate surface area is 152 Å². The van der Waals surface area contributed by atoms with Crippen LogP contribution in [0.1, 0.15) is 11.1 Å². The lowest BCUT2D eigenvalue weighted by Gasteiger charge is -2.26. The van der Waals surface area contributed by atoms with Crippen LogP contribution in [0.25, 0.3) is 10.9 Å². The highest BCUT2D eigenvalue weighted by atomic mass is 16.5. The third kappa shape index (κ3) is 3.95. The summed E-state index contributed by atoms with van der Waals surface area (Å²) in [6.45, 7) is 5.00. The SMILES string of the molecule is O=c1[nH]c2ccccc2cc1CNc1cccc(CN2CCOCC2)c1. The molecule has 26 heavy (non-hydrogen) atoms. The van der Waals surface area contributed by atoms with Crippen LogP contribution in [-0.2, 0) is 17.8 Å². The summed E-state index contributed by atoms with van der Waals surface area (Å²) in [5.74, 6) is 0. The Morgan fingerprint density at radius 3 is 2.77 bits per heavy atom. The molecule has 1 aromatic heterocycles. The lowest BCUT2D eigenvalue weighted by atomic mass is 10.1. The number of pyridine rings is 1. The van der Waals surface area contributed by atoms with Crippen molar-refractivity contribution in [1.82, 2.24) is 9.88 Å².